The minimum Gasteiger partial charge on any atom is -0.388 e. The van der Waals surface area contributed by atoms with Crippen LogP contribution in [0.25, 0.3) is 0 Å². The van der Waals surface area contributed by atoms with E-state index in [0.717, 1.165) is 36.7 Å². The van der Waals surface area contributed by atoms with E-state index >= 15 is 0 Å². The summed E-state index contributed by atoms with van der Waals surface area (Å²) in [6.45, 7) is 18.0. The van der Waals surface area contributed by atoms with Gasteiger partial charge < -0.3 is 16.2 Å². The van der Waals surface area contributed by atoms with E-state index in [1.54, 1.807) is 5.56 Å². The maximum atomic E-state index is 10.5. The number of nitrogens with two attached hydrogens (primary N) is 1. The first kappa shape index (κ1) is 33.1. The fourth-order valence-electron chi connectivity index (χ4n) is 4.92. The van der Waals surface area contributed by atoms with E-state index in [9.17, 15) is 5.11 Å². The van der Waals surface area contributed by atoms with Crippen molar-refractivity contribution in [2.24, 2.45) is 17.6 Å². The fraction of sp³-hybridized carbons (Fsp3) is 0.588. The van der Waals surface area contributed by atoms with Crippen molar-refractivity contribution < 1.29 is 5.11 Å². The maximum Gasteiger partial charge on any atom is 0.0818 e. The Morgan fingerprint density at radius 1 is 0.973 bits per heavy atom. The smallest absolute Gasteiger partial charge is 0.0818 e. The van der Waals surface area contributed by atoms with Crippen LogP contribution in [0.5, 0.6) is 0 Å². The van der Waals surface area contributed by atoms with Gasteiger partial charge in [0.2, 0.25) is 0 Å². The van der Waals surface area contributed by atoms with Gasteiger partial charge in [0.1, 0.15) is 0 Å². The molecule has 1 aliphatic rings. The lowest BCUT2D eigenvalue weighted by Crippen LogP contribution is -2.26. The Morgan fingerprint density at radius 3 is 2.16 bits per heavy atom. The summed E-state index contributed by atoms with van der Waals surface area (Å²) >= 11 is 0. The molecule has 3 nitrogen and oxygen atoms in total. The number of piperidine rings is 1. The highest BCUT2D eigenvalue weighted by Gasteiger charge is 2.20. The summed E-state index contributed by atoms with van der Waals surface area (Å²) in [6.07, 6.45) is 10.7. The Balaban J connectivity index is 0.000000313. The molecule has 0 radical (unpaired) electrons. The van der Waals surface area contributed by atoms with E-state index in [-0.39, 0.29) is 12.0 Å². The van der Waals surface area contributed by atoms with Gasteiger partial charge in [0.05, 0.1) is 6.10 Å². The zero-order valence-corrected chi connectivity index (χ0v) is 24.9. The van der Waals surface area contributed by atoms with Gasteiger partial charge in [-0.2, -0.15) is 0 Å². The average Bonchev–Trinajstić information content (AvgIpc) is 2.89. The first-order chi connectivity index (χ1) is 17.7. The van der Waals surface area contributed by atoms with Crippen molar-refractivity contribution in [3.63, 3.8) is 0 Å². The van der Waals surface area contributed by atoms with Crippen LogP contribution in [-0.2, 0) is 0 Å². The van der Waals surface area contributed by atoms with Crippen molar-refractivity contribution in [2.45, 2.75) is 99.0 Å². The van der Waals surface area contributed by atoms with E-state index in [4.69, 9.17) is 5.73 Å². The first-order valence-electron chi connectivity index (χ1n) is 14.6. The first-order valence-corrected chi connectivity index (χ1v) is 14.6. The number of allylic oxidation sites excluding steroid dienone is 2. The monoisotopic (exact) mass is 508 g/mol. The van der Waals surface area contributed by atoms with E-state index in [0.29, 0.717) is 6.54 Å². The molecule has 0 amide bonds. The predicted octanol–water partition coefficient (Wildman–Crippen LogP) is 8.17. The quantitative estimate of drug-likeness (QED) is 0.299. The zero-order valence-electron chi connectivity index (χ0n) is 24.9. The summed E-state index contributed by atoms with van der Waals surface area (Å²) in [5.74, 6) is 1.80. The van der Waals surface area contributed by atoms with Gasteiger partial charge in [-0.05, 0) is 119 Å². The Hall–Kier alpha value is -1.94. The summed E-state index contributed by atoms with van der Waals surface area (Å²) in [4.78, 5) is 0. The number of aliphatic hydroxyl groups excluding tert-OH is 1. The molecule has 1 aliphatic heterocycles. The third kappa shape index (κ3) is 12.9. The third-order valence-electron chi connectivity index (χ3n) is 7.33. The largest absolute Gasteiger partial charge is 0.388 e. The molecule has 4 N–H and O–H groups in total. The van der Waals surface area contributed by atoms with Gasteiger partial charge in [-0.25, -0.2) is 0 Å². The second kappa shape index (κ2) is 19.2. The van der Waals surface area contributed by atoms with E-state index in [1.165, 1.54) is 49.0 Å². The van der Waals surface area contributed by atoms with Crippen LogP contribution in [0.3, 0.4) is 0 Å². The number of hydrogen-bond acceptors (Lipinski definition) is 3. The second-order valence-corrected chi connectivity index (χ2v) is 10.9. The molecular weight excluding hydrogens is 452 g/mol. The summed E-state index contributed by atoms with van der Waals surface area (Å²) in [6, 6.07) is 15.0. The van der Waals surface area contributed by atoms with Crippen LogP contribution in [0, 0.1) is 32.6 Å². The Bertz CT molecular complexity index is 883. The molecule has 2 atom stereocenters. The van der Waals surface area contributed by atoms with Gasteiger partial charge in [0.25, 0.3) is 0 Å². The molecule has 0 saturated carbocycles. The molecular formula is C34H56N2O. The number of aliphatic hydroxyl groups is 1. The van der Waals surface area contributed by atoms with Gasteiger partial charge in [-0.15, -0.1) is 0 Å². The summed E-state index contributed by atoms with van der Waals surface area (Å²) in [7, 11) is 0. The fourth-order valence-corrected chi connectivity index (χ4v) is 4.92. The van der Waals surface area contributed by atoms with Crippen LogP contribution in [0.2, 0.25) is 0 Å². The van der Waals surface area contributed by atoms with Crippen LogP contribution >= 0.6 is 0 Å². The predicted molar refractivity (Wildman–Crippen MR) is 163 cm³/mol. The molecule has 1 fully saturated rings. The lowest BCUT2D eigenvalue weighted by atomic mass is 9.87. The molecule has 0 aliphatic carbocycles. The molecule has 208 valence electrons. The minimum atomic E-state index is -0.376. The molecule has 3 heteroatoms. The summed E-state index contributed by atoms with van der Waals surface area (Å²) < 4.78 is 0. The van der Waals surface area contributed by atoms with E-state index in [1.807, 2.05) is 13.0 Å². The average molecular weight is 509 g/mol. The molecule has 2 aromatic carbocycles. The maximum absolute atomic E-state index is 10.5. The minimum absolute atomic E-state index is 0.289. The zero-order chi connectivity index (χ0) is 27.6. The Kier molecular flexibility index (Phi) is 17.1. The number of aryl methyl sites for hydroxylation is 3. The van der Waals surface area contributed by atoms with Crippen molar-refractivity contribution in [3.8, 4) is 0 Å². The van der Waals surface area contributed by atoms with Gasteiger partial charge in [-0.3, -0.25) is 0 Å². The Morgan fingerprint density at radius 2 is 1.65 bits per heavy atom. The SMILES string of the molecule is C/C=C/C(C)C.CCCCC(CCN)C(O)c1ccc(C)c(C)c1.Cc1ccccc1C1CCNCC1. The lowest BCUT2D eigenvalue weighted by molar-refractivity contribution is 0.0973. The van der Waals surface area contributed by atoms with Gasteiger partial charge in [0, 0.05) is 0 Å². The molecule has 0 spiro atoms. The number of benzene rings is 2. The number of rotatable bonds is 9. The van der Waals surface area contributed by atoms with E-state index in [2.05, 4.69) is 95.4 Å². The van der Waals surface area contributed by atoms with Gasteiger partial charge in [0.15, 0.2) is 0 Å². The lowest BCUT2D eigenvalue weighted by Gasteiger charge is -2.24. The van der Waals surface area contributed by atoms with Crippen molar-refractivity contribution in [1.82, 2.24) is 5.32 Å². The number of unbranched alkanes of at least 4 members (excludes halogenated alkanes) is 1. The molecule has 1 heterocycles. The van der Waals surface area contributed by atoms with Crippen LogP contribution in [-0.4, -0.2) is 24.7 Å². The normalized spacial score (nSPS) is 15.5. The summed E-state index contributed by atoms with van der Waals surface area (Å²) in [5, 5.41) is 13.9. The molecule has 3 rings (SSSR count). The van der Waals surface area contributed by atoms with Crippen molar-refractivity contribution >= 4 is 0 Å². The highest BCUT2D eigenvalue weighted by atomic mass is 16.3. The summed E-state index contributed by atoms with van der Waals surface area (Å²) in [5.41, 5.74) is 12.2. The van der Waals surface area contributed by atoms with Gasteiger partial charge in [-0.1, -0.05) is 88.2 Å². The van der Waals surface area contributed by atoms with Crippen LogP contribution < -0.4 is 11.1 Å². The topological polar surface area (TPSA) is 58.3 Å². The van der Waals surface area contributed by atoms with Gasteiger partial charge >= 0.3 is 0 Å². The van der Waals surface area contributed by atoms with Crippen LogP contribution in [0.1, 0.15) is 106 Å². The molecule has 2 unspecified atom stereocenters. The molecule has 1 saturated heterocycles. The standard InChI is InChI=1S/C16H27NO.C12H17N.C6H12/c1-4-5-6-14(9-10-17)16(18)15-8-7-12(2)13(3)11-15;1-10-4-2-3-5-12(10)11-6-8-13-9-7-11;1-4-5-6(2)3/h7-8,11,14,16,18H,4-6,9-10,17H2,1-3H3;2-5,11,13H,6-9H2,1H3;4-6H,1-3H3/b;;5-4+. The second-order valence-electron chi connectivity index (χ2n) is 10.9. The van der Waals surface area contributed by atoms with Crippen LogP contribution in [0.4, 0.5) is 0 Å². The van der Waals surface area contributed by atoms with Crippen molar-refractivity contribution in [3.05, 3.63) is 82.4 Å². The van der Waals surface area contributed by atoms with Crippen molar-refractivity contribution in [2.75, 3.05) is 19.6 Å². The number of nitrogens with one attached hydrogen (secondary N) is 1. The molecule has 0 bridgehead atoms. The molecule has 37 heavy (non-hydrogen) atoms. The number of hydrogen-bond donors (Lipinski definition) is 3. The highest BCUT2D eigenvalue weighted by Crippen LogP contribution is 2.30. The van der Waals surface area contributed by atoms with Crippen LogP contribution in [0.15, 0.2) is 54.6 Å². The molecule has 2 aromatic rings. The van der Waals surface area contributed by atoms with E-state index < -0.39 is 0 Å². The molecule has 0 aromatic heterocycles. The third-order valence-corrected chi connectivity index (χ3v) is 7.33. The van der Waals surface area contributed by atoms with Crippen molar-refractivity contribution in [1.29, 1.82) is 0 Å². The Labute approximate surface area is 229 Å². The highest BCUT2D eigenvalue weighted by molar-refractivity contribution is 5.31.